The van der Waals surface area contributed by atoms with Crippen LogP contribution in [0.2, 0.25) is 0 Å². The monoisotopic (exact) mass is 374 g/mol. The molecule has 0 heterocycles. The van der Waals surface area contributed by atoms with E-state index in [1.807, 2.05) is 0 Å². The first-order valence-corrected chi connectivity index (χ1v) is 4.19. The Morgan fingerprint density at radius 2 is 1.00 bits per heavy atom. The molecule has 0 N–H and O–H groups in total. The van der Waals surface area contributed by atoms with Gasteiger partial charge >= 0.3 is 104 Å². The summed E-state index contributed by atoms with van der Waals surface area (Å²) in [6.07, 6.45) is 0. The van der Waals surface area contributed by atoms with Crippen molar-refractivity contribution in [1.29, 1.82) is 0 Å². The average Bonchev–Trinajstić information content (AvgIpc) is 1.12. The van der Waals surface area contributed by atoms with E-state index in [4.69, 9.17) is 36.8 Å². The van der Waals surface area contributed by atoms with Gasteiger partial charge in [0.2, 0.25) is 0 Å². The van der Waals surface area contributed by atoms with Crippen LogP contribution in [0.4, 0.5) is 0 Å². The Balaban J connectivity index is -0.0000000178. The van der Waals surface area contributed by atoms with Gasteiger partial charge in [-0.2, -0.15) is 7.82 Å². The molecule has 0 unspecified atom stereocenters. The first kappa shape index (κ1) is 36.0. The Hall–Kier alpha value is 3.38. The van der Waals surface area contributed by atoms with E-state index in [0.29, 0.717) is 0 Å². The molecule has 0 aromatic heterocycles. The molecule has 70 valence electrons. The predicted molar refractivity (Wildman–Crippen MR) is 23.8 cm³/mol. The maximum Gasteiger partial charge on any atom is 2.00 e. The van der Waals surface area contributed by atoms with Gasteiger partial charge in [0, 0.05) is 10.4 Å². The Kier molecular flexibility index (Phi) is 42.1. The zero-order valence-corrected chi connectivity index (χ0v) is 16.9. The second-order valence-electron chi connectivity index (χ2n) is 0.855. The zero-order valence-electron chi connectivity index (χ0n) is 6.89. The molecule has 0 aromatic rings. The van der Waals surface area contributed by atoms with Crippen molar-refractivity contribution in [3.8, 4) is 0 Å². The van der Waals surface area contributed by atoms with Crippen LogP contribution in [0.1, 0.15) is 0 Å². The van der Waals surface area contributed by atoms with Gasteiger partial charge in [0.1, 0.15) is 0 Å². The molecule has 0 spiro atoms. The Labute approximate surface area is 156 Å². The van der Waals surface area contributed by atoms with E-state index in [9.17, 15) is 0 Å². The summed E-state index contributed by atoms with van der Waals surface area (Å²) < 4.78 is 42.6. The second-order valence-corrected chi connectivity index (χ2v) is 2.57. The minimum Gasteiger partial charge on any atom is -0.822 e. The summed E-state index contributed by atoms with van der Waals surface area (Å²) in [5, 5.41) is 0. The van der Waals surface area contributed by atoms with Crippen LogP contribution < -0.4 is 44.2 Å². The molecule has 0 radical (unpaired) electrons. The number of rotatable bonds is 0. The van der Waals surface area contributed by atoms with Crippen LogP contribution >= 0.6 is 7.82 Å². The zero-order chi connectivity index (χ0) is 9.00. The summed E-state index contributed by atoms with van der Waals surface area (Å²) >= 11 is 0. The molecule has 0 saturated heterocycles. The van der Waals surface area contributed by atoms with Crippen LogP contribution in [0.5, 0.6) is 0 Å². The fraction of sp³-hybridized carbons (Fsp3) is 0. The van der Waals surface area contributed by atoms with Crippen molar-refractivity contribution in [2.75, 3.05) is 0 Å². The van der Waals surface area contributed by atoms with Crippen molar-refractivity contribution in [2.45, 2.75) is 0 Å². The summed E-state index contributed by atoms with van der Waals surface area (Å²) in [6, 6.07) is 0. The first-order valence-electron chi connectivity index (χ1n) is 1.40. The summed E-state index contributed by atoms with van der Waals surface area (Å²) in [5.41, 5.74) is 0. The van der Waals surface area contributed by atoms with Crippen molar-refractivity contribution in [3.63, 3.8) is 0 Å². The standard InChI is InChI=1S/Ca.Fe.Na.H3O4P.H2O4S.Zn/c;;;2*1-5(2,3)4;/h;;;(H3,1,2,3,4);(H2,1,2,3,4);/q2*+2;+1;;;+2/p-5. The van der Waals surface area contributed by atoms with E-state index in [0.717, 1.165) is 0 Å². The minimum atomic E-state index is -5.39. The van der Waals surface area contributed by atoms with Crippen LogP contribution in [0.25, 0.3) is 0 Å². The molecule has 8 nitrogen and oxygen atoms in total. The van der Waals surface area contributed by atoms with E-state index < -0.39 is 18.2 Å². The maximum atomic E-state index is 8.55. The van der Waals surface area contributed by atoms with Crippen molar-refractivity contribution < 1.29 is 103 Å². The third kappa shape index (κ3) is 278. The summed E-state index contributed by atoms with van der Waals surface area (Å²) in [4.78, 5) is 25.6. The van der Waals surface area contributed by atoms with Gasteiger partial charge in [0.05, 0.1) is 0 Å². The van der Waals surface area contributed by atoms with Gasteiger partial charge in [-0.05, 0) is 0 Å². The van der Waals surface area contributed by atoms with Crippen LogP contribution in [-0.4, -0.2) is 55.3 Å². The SMILES string of the molecule is O=P([O-])([O-])[O-].O=S(=O)([O-])[O-].[Ca+2].[Fe+2].[Na+].[Zn+2]. The predicted octanol–water partition coefficient (Wildman–Crippen LogP) is -7.54. The molecule has 0 saturated carbocycles. The fourth-order valence-electron chi connectivity index (χ4n) is 0. The van der Waals surface area contributed by atoms with Crippen molar-refractivity contribution in [2.24, 2.45) is 0 Å². The minimum absolute atomic E-state index is 0. The largest absolute Gasteiger partial charge is 2.00 e. The van der Waals surface area contributed by atoms with Crippen LogP contribution in [0.15, 0.2) is 0 Å². The van der Waals surface area contributed by atoms with Crippen molar-refractivity contribution >= 4 is 56.0 Å². The van der Waals surface area contributed by atoms with E-state index >= 15 is 0 Å². The quantitative estimate of drug-likeness (QED) is 0.174. The van der Waals surface area contributed by atoms with Gasteiger partial charge in [-0.15, -0.1) is 0 Å². The van der Waals surface area contributed by atoms with Crippen LogP contribution in [0, 0.1) is 0 Å². The van der Waals surface area contributed by atoms with Crippen molar-refractivity contribution in [1.82, 2.24) is 0 Å². The molecule has 0 fully saturated rings. The second kappa shape index (κ2) is 16.4. The summed E-state index contributed by atoms with van der Waals surface area (Å²) in [6.45, 7) is 0. The van der Waals surface area contributed by atoms with Gasteiger partial charge in [-0.3, -0.25) is 8.42 Å². The molecule has 0 amide bonds. The van der Waals surface area contributed by atoms with E-state index in [1.165, 1.54) is 0 Å². The Morgan fingerprint density at radius 3 is 1.00 bits per heavy atom. The molecule has 0 aliphatic carbocycles. The molecule has 0 aliphatic rings. The molecular formula is CaFeNaO8PSZn+2. The summed E-state index contributed by atoms with van der Waals surface area (Å²) in [5.74, 6) is 0. The Bertz CT molecular complexity index is 207. The molecule has 0 atom stereocenters. The molecule has 14 heavy (non-hydrogen) atoms. The van der Waals surface area contributed by atoms with E-state index in [-0.39, 0.29) is 104 Å². The summed E-state index contributed by atoms with van der Waals surface area (Å²) in [7, 11) is -10.6. The topological polar surface area (TPSA) is 167 Å². The molecule has 0 bridgehead atoms. The number of hydrogen-bond donors (Lipinski definition) is 0. The van der Waals surface area contributed by atoms with Gasteiger partial charge < -0.3 is 28.4 Å². The van der Waals surface area contributed by atoms with Gasteiger partial charge in [0.25, 0.3) is 0 Å². The number of phosphoric acid groups is 1. The van der Waals surface area contributed by atoms with Crippen LogP contribution in [-0.2, 0) is 51.5 Å². The van der Waals surface area contributed by atoms with E-state index in [1.54, 1.807) is 0 Å². The normalized spacial score (nSPS) is 8.36. The molecule has 0 aliphatic heterocycles. The van der Waals surface area contributed by atoms with Gasteiger partial charge in [-0.25, -0.2) is 0 Å². The first-order chi connectivity index (χ1) is 4.00. The van der Waals surface area contributed by atoms with Gasteiger partial charge in [-0.1, -0.05) is 0 Å². The fourth-order valence-corrected chi connectivity index (χ4v) is 0. The van der Waals surface area contributed by atoms with E-state index in [2.05, 4.69) is 0 Å². The molecule has 0 rings (SSSR count). The smallest absolute Gasteiger partial charge is 0.822 e. The van der Waals surface area contributed by atoms with Gasteiger partial charge in [0.15, 0.2) is 0 Å². The third-order valence-corrected chi connectivity index (χ3v) is 0. The maximum absolute atomic E-state index is 8.55. The van der Waals surface area contributed by atoms with Crippen LogP contribution in [0.3, 0.4) is 0 Å². The third-order valence-electron chi connectivity index (χ3n) is 0. The number of hydrogen-bond acceptors (Lipinski definition) is 8. The molecule has 14 heteroatoms. The average molecular weight is 375 g/mol. The Morgan fingerprint density at radius 1 is 1.00 bits per heavy atom. The molecule has 0 aromatic carbocycles. The molecular weight excluding hydrogens is 375 g/mol. The van der Waals surface area contributed by atoms with Crippen molar-refractivity contribution in [3.05, 3.63) is 0 Å².